The van der Waals surface area contributed by atoms with Crippen LogP contribution in [0.4, 0.5) is 10.7 Å². The topological polar surface area (TPSA) is 106 Å². The summed E-state index contributed by atoms with van der Waals surface area (Å²) in [4.78, 5) is 22.6. The van der Waals surface area contributed by atoms with Crippen LogP contribution in [0.15, 0.2) is 52.7 Å². The zero-order valence-corrected chi connectivity index (χ0v) is 18.5. The SMILES string of the molecule is CC(=O)CSc1c(N)cccc1Cl.Nc1scc(-c2ccc(Cl)cc2)c1C(=O)O. The fraction of sp³-hybridized carbons (Fsp3) is 0.100. The van der Waals surface area contributed by atoms with Gasteiger partial charge in [0.05, 0.1) is 10.8 Å². The smallest absolute Gasteiger partial charge is 0.339 e. The number of nitrogens with two attached hydrogens (primary N) is 2. The number of benzene rings is 2. The molecular weight excluding hydrogens is 451 g/mol. The molecule has 5 N–H and O–H groups in total. The molecule has 9 heteroatoms. The third kappa shape index (κ3) is 6.40. The first kappa shape index (κ1) is 23.1. The monoisotopic (exact) mass is 468 g/mol. The number of thiophene rings is 1. The predicted molar refractivity (Wildman–Crippen MR) is 123 cm³/mol. The minimum absolute atomic E-state index is 0.115. The Bertz CT molecular complexity index is 1000. The van der Waals surface area contributed by atoms with Crippen LogP contribution in [0.2, 0.25) is 10.0 Å². The van der Waals surface area contributed by atoms with E-state index < -0.39 is 5.97 Å². The molecule has 0 saturated heterocycles. The van der Waals surface area contributed by atoms with Gasteiger partial charge >= 0.3 is 5.97 Å². The first-order chi connectivity index (χ1) is 13.7. The van der Waals surface area contributed by atoms with Crippen molar-refractivity contribution in [2.24, 2.45) is 0 Å². The number of hydrogen-bond acceptors (Lipinski definition) is 6. The van der Waals surface area contributed by atoms with E-state index in [1.165, 1.54) is 23.1 Å². The Hall–Kier alpha value is -2.19. The molecule has 0 radical (unpaired) electrons. The molecule has 0 aliphatic heterocycles. The van der Waals surface area contributed by atoms with Crippen molar-refractivity contribution in [3.05, 3.63) is 63.5 Å². The van der Waals surface area contributed by atoms with Gasteiger partial charge in [0.1, 0.15) is 16.3 Å². The number of halogens is 2. The number of carboxylic acids is 1. The van der Waals surface area contributed by atoms with Gasteiger partial charge in [-0.3, -0.25) is 4.79 Å². The standard InChI is InChI=1S/C11H8ClNO2S.C9H10ClNOS/c12-7-3-1-6(2-4-7)8-5-16-10(13)9(8)11(14)15;1-6(12)5-13-9-7(10)3-2-4-8(9)11/h1-5H,13H2,(H,14,15);2-4H,5,11H2,1H3. The summed E-state index contributed by atoms with van der Waals surface area (Å²) in [5.74, 6) is -0.485. The van der Waals surface area contributed by atoms with E-state index in [0.717, 1.165) is 10.5 Å². The zero-order chi connectivity index (χ0) is 21.6. The summed E-state index contributed by atoms with van der Waals surface area (Å²) < 4.78 is 0. The van der Waals surface area contributed by atoms with E-state index >= 15 is 0 Å². The van der Waals surface area contributed by atoms with Crippen LogP contribution < -0.4 is 11.5 Å². The van der Waals surface area contributed by atoms with Crippen molar-refractivity contribution in [1.29, 1.82) is 0 Å². The summed E-state index contributed by atoms with van der Waals surface area (Å²) in [7, 11) is 0. The fourth-order valence-electron chi connectivity index (χ4n) is 2.29. The number of rotatable bonds is 5. The fourth-order valence-corrected chi connectivity index (χ4v) is 4.36. The van der Waals surface area contributed by atoms with Crippen LogP contribution in [0, 0.1) is 0 Å². The predicted octanol–water partition coefficient (Wildman–Crippen LogP) is 5.95. The van der Waals surface area contributed by atoms with Gasteiger partial charge in [-0.2, -0.15) is 0 Å². The molecule has 0 aliphatic carbocycles. The number of carbonyl (C=O) groups is 2. The number of Topliss-reactive ketones (excluding diaryl/α,β-unsaturated/α-hetero) is 1. The summed E-state index contributed by atoms with van der Waals surface area (Å²) in [6.07, 6.45) is 0. The average molecular weight is 469 g/mol. The molecule has 3 rings (SSSR count). The highest BCUT2D eigenvalue weighted by Crippen LogP contribution is 2.34. The summed E-state index contributed by atoms with van der Waals surface area (Å²) in [5, 5.41) is 12.3. The van der Waals surface area contributed by atoms with E-state index in [1.807, 2.05) is 0 Å². The van der Waals surface area contributed by atoms with Crippen LogP contribution >= 0.6 is 46.3 Å². The van der Waals surface area contributed by atoms with Gasteiger partial charge in [-0.15, -0.1) is 23.1 Å². The Balaban J connectivity index is 0.000000212. The normalized spacial score (nSPS) is 10.2. The van der Waals surface area contributed by atoms with Crippen molar-refractivity contribution >= 4 is 68.7 Å². The lowest BCUT2D eigenvalue weighted by molar-refractivity contribution is -0.114. The molecule has 3 aromatic rings. The summed E-state index contributed by atoms with van der Waals surface area (Å²) in [6, 6.07) is 12.3. The van der Waals surface area contributed by atoms with Gasteiger partial charge in [0, 0.05) is 26.5 Å². The van der Waals surface area contributed by atoms with E-state index in [0.29, 0.717) is 32.1 Å². The molecule has 29 heavy (non-hydrogen) atoms. The van der Waals surface area contributed by atoms with Gasteiger partial charge < -0.3 is 16.6 Å². The van der Waals surface area contributed by atoms with Crippen molar-refractivity contribution < 1.29 is 14.7 Å². The van der Waals surface area contributed by atoms with Crippen LogP contribution in [-0.4, -0.2) is 22.6 Å². The molecule has 0 aliphatic rings. The lowest BCUT2D eigenvalue weighted by Gasteiger charge is -2.05. The number of thioether (sulfide) groups is 1. The highest BCUT2D eigenvalue weighted by molar-refractivity contribution is 8.00. The largest absolute Gasteiger partial charge is 0.478 e. The summed E-state index contributed by atoms with van der Waals surface area (Å²) >= 11 is 14.3. The van der Waals surface area contributed by atoms with E-state index in [9.17, 15) is 9.59 Å². The van der Waals surface area contributed by atoms with Gasteiger partial charge in [0.25, 0.3) is 0 Å². The first-order valence-electron chi connectivity index (χ1n) is 8.23. The number of carbonyl (C=O) groups excluding carboxylic acids is 1. The van der Waals surface area contributed by atoms with E-state index in [4.69, 9.17) is 39.8 Å². The third-order valence-corrected chi connectivity index (χ3v) is 6.39. The minimum atomic E-state index is -1.01. The van der Waals surface area contributed by atoms with Gasteiger partial charge in [0.15, 0.2) is 0 Å². The van der Waals surface area contributed by atoms with Crippen molar-refractivity contribution in [1.82, 2.24) is 0 Å². The molecule has 152 valence electrons. The Morgan fingerprint density at radius 1 is 1.10 bits per heavy atom. The van der Waals surface area contributed by atoms with Crippen molar-refractivity contribution in [3.63, 3.8) is 0 Å². The van der Waals surface area contributed by atoms with E-state index in [-0.39, 0.29) is 11.3 Å². The number of ketones is 1. The molecule has 5 nitrogen and oxygen atoms in total. The second-order valence-electron chi connectivity index (χ2n) is 5.85. The Morgan fingerprint density at radius 2 is 1.76 bits per heavy atom. The average Bonchev–Trinajstić information content (AvgIpc) is 3.04. The second-order valence-corrected chi connectivity index (χ2v) is 8.59. The van der Waals surface area contributed by atoms with Gasteiger partial charge in [-0.1, -0.05) is 41.4 Å². The molecule has 0 unspecified atom stereocenters. The molecule has 0 amide bonds. The molecule has 0 atom stereocenters. The second kappa shape index (κ2) is 10.5. The van der Waals surface area contributed by atoms with E-state index in [2.05, 4.69) is 0 Å². The Labute approximate surface area is 186 Å². The molecule has 2 aromatic carbocycles. The zero-order valence-electron chi connectivity index (χ0n) is 15.3. The maximum absolute atomic E-state index is 11.0. The molecular formula is C20H18Cl2N2O3S2. The van der Waals surface area contributed by atoms with Crippen LogP contribution in [0.25, 0.3) is 11.1 Å². The molecule has 0 fully saturated rings. The third-order valence-electron chi connectivity index (χ3n) is 3.61. The van der Waals surface area contributed by atoms with Gasteiger partial charge in [-0.25, -0.2) is 4.79 Å². The maximum Gasteiger partial charge on any atom is 0.339 e. The van der Waals surface area contributed by atoms with Crippen molar-refractivity contribution in [2.75, 3.05) is 17.2 Å². The number of anilines is 2. The minimum Gasteiger partial charge on any atom is -0.478 e. The van der Waals surface area contributed by atoms with Crippen LogP contribution in [-0.2, 0) is 4.79 Å². The number of aromatic carboxylic acids is 1. The molecule has 1 aromatic heterocycles. The number of nitrogen functional groups attached to an aromatic ring is 2. The molecule has 0 saturated carbocycles. The van der Waals surface area contributed by atoms with Crippen LogP contribution in [0.5, 0.6) is 0 Å². The van der Waals surface area contributed by atoms with E-state index in [1.54, 1.807) is 54.8 Å². The van der Waals surface area contributed by atoms with Gasteiger partial charge in [0.2, 0.25) is 0 Å². The lowest BCUT2D eigenvalue weighted by Crippen LogP contribution is -2.00. The lowest BCUT2D eigenvalue weighted by atomic mass is 10.0. The molecule has 0 bridgehead atoms. The summed E-state index contributed by atoms with van der Waals surface area (Å²) in [6.45, 7) is 1.54. The Morgan fingerprint density at radius 3 is 2.31 bits per heavy atom. The number of hydrogen-bond donors (Lipinski definition) is 3. The van der Waals surface area contributed by atoms with Crippen molar-refractivity contribution in [2.45, 2.75) is 11.8 Å². The van der Waals surface area contributed by atoms with Crippen molar-refractivity contribution in [3.8, 4) is 11.1 Å². The quantitative estimate of drug-likeness (QED) is 0.315. The molecule has 1 heterocycles. The first-order valence-corrected chi connectivity index (χ1v) is 10.8. The highest BCUT2D eigenvalue weighted by Gasteiger charge is 2.17. The number of carboxylic acid groups (broad SMARTS) is 1. The maximum atomic E-state index is 11.0. The van der Waals surface area contributed by atoms with Crippen LogP contribution in [0.1, 0.15) is 17.3 Å². The Kier molecular flexibility index (Phi) is 8.40. The van der Waals surface area contributed by atoms with Gasteiger partial charge in [-0.05, 0) is 36.8 Å². The highest BCUT2D eigenvalue weighted by atomic mass is 35.5. The molecule has 0 spiro atoms. The van der Waals surface area contributed by atoms with Crippen LogP contribution in [0.3, 0.4) is 0 Å². The summed E-state index contributed by atoms with van der Waals surface area (Å²) in [5.41, 5.74) is 13.5.